The van der Waals surface area contributed by atoms with Gasteiger partial charge in [0.05, 0.1) is 6.04 Å². The van der Waals surface area contributed by atoms with Gasteiger partial charge in [-0.1, -0.05) is 12.1 Å². The van der Waals surface area contributed by atoms with Gasteiger partial charge in [0.1, 0.15) is 10.7 Å². The lowest BCUT2D eigenvalue weighted by atomic mass is 9.53. The van der Waals surface area contributed by atoms with Gasteiger partial charge in [-0.15, -0.1) is 0 Å². The number of amides is 1. The fraction of sp³-hybridized carbons (Fsp3) is 0.696. The molecule has 1 aromatic carbocycles. The van der Waals surface area contributed by atoms with E-state index in [4.69, 9.17) is 0 Å². The summed E-state index contributed by atoms with van der Waals surface area (Å²) in [7, 11) is -3.87. The van der Waals surface area contributed by atoms with Crippen molar-refractivity contribution in [1.29, 1.82) is 0 Å². The Hall–Kier alpha value is -1.51. The molecule has 6 nitrogen and oxygen atoms in total. The van der Waals surface area contributed by atoms with Crippen molar-refractivity contribution < 1.29 is 17.6 Å². The molecule has 1 aliphatic heterocycles. The summed E-state index contributed by atoms with van der Waals surface area (Å²) in [4.78, 5) is 14.9. The lowest BCUT2D eigenvalue weighted by Gasteiger charge is -2.57. The molecule has 170 valence electrons. The molecular weight excluding hydrogens is 417 g/mol. The molecule has 4 aliphatic carbocycles. The number of halogens is 1. The van der Waals surface area contributed by atoms with Gasteiger partial charge in [-0.25, -0.2) is 12.8 Å². The minimum Gasteiger partial charge on any atom is -0.349 e. The first-order valence-corrected chi connectivity index (χ1v) is 13.0. The van der Waals surface area contributed by atoms with Gasteiger partial charge >= 0.3 is 0 Å². The zero-order valence-corrected chi connectivity index (χ0v) is 18.9. The first-order chi connectivity index (χ1) is 14.8. The van der Waals surface area contributed by atoms with E-state index in [9.17, 15) is 17.6 Å². The van der Waals surface area contributed by atoms with Gasteiger partial charge in [0.25, 0.3) is 0 Å². The molecule has 1 N–H and O–H groups in total. The van der Waals surface area contributed by atoms with Crippen LogP contribution in [0.15, 0.2) is 29.2 Å². The standard InChI is InChI=1S/C23H32FN3O3S/c1-16(22(28)25-23-13-17-10-18(14-23)12-19(11-17)15-23)26-6-8-27(9-7-26)31(29,30)21-5-3-2-4-20(21)24/h2-5,16-19H,6-15H2,1H3,(H,25,28). The van der Waals surface area contributed by atoms with E-state index in [-0.39, 0.29) is 35.5 Å². The van der Waals surface area contributed by atoms with Crippen molar-refractivity contribution in [1.82, 2.24) is 14.5 Å². The average Bonchev–Trinajstić information content (AvgIpc) is 2.72. The zero-order chi connectivity index (χ0) is 21.8. The van der Waals surface area contributed by atoms with Crippen LogP contribution in [-0.2, 0) is 14.8 Å². The van der Waals surface area contributed by atoms with E-state index < -0.39 is 15.8 Å². The Labute approximate surface area is 184 Å². The molecule has 8 heteroatoms. The second kappa shape index (κ2) is 7.81. The molecule has 5 fully saturated rings. The Bertz CT molecular complexity index is 923. The molecule has 6 rings (SSSR count). The van der Waals surface area contributed by atoms with Crippen LogP contribution in [0.3, 0.4) is 0 Å². The quantitative estimate of drug-likeness (QED) is 0.750. The molecule has 1 aromatic rings. The summed E-state index contributed by atoms with van der Waals surface area (Å²) in [5.41, 5.74) is -0.0178. The van der Waals surface area contributed by atoms with Gasteiger partial charge < -0.3 is 5.32 Å². The highest BCUT2D eigenvalue weighted by Crippen LogP contribution is 2.55. The molecule has 4 bridgehead atoms. The van der Waals surface area contributed by atoms with Crippen LogP contribution in [0.2, 0.25) is 0 Å². The van der Waals surface area contributed by atoms with E-state index in [1.165, 1.54) is 47.8 Å². The maximum Gasteiger partial charge on any atom is 0.246 e. The highest BCUT2D eigenvalue weighted by atomic mass is 32.2. The largest absolute Gasteiger partial charge is 0.349 e. The second-order valence-corrected chi connectivity index (χ2v) is 12.1. The lowest BCUT2D eigenvalue weighted by Crippen LogP contribution is -2.63. The minimum atomic E-state index is -3.87. The van der Waals surface area contributed by atoms with E-state index in [1.54, 1.807) is 0 Å². The predicted molar refractivity (Wildman–Crippen MR) is 115 cm³/mol. The van der Waals surface area contributed by atoms with Crippen LogP contribution in [0.1, 0.15) is 45.4 Å². The molecule has 5 aliphatic rings. The third kappa shape index (κ3) is 3.91. The van der Waals surface area contributed by atoms with Crippen molar-refractivity contribution >= 4 is 15.9 Å². The number of sulfonamides is 1. The highest BCUT2D eigenvalue weighted by Gasteiger charge is 2.52. The molecule has 1 atom stereocenters. The van der Waals surface area contributed by atoms with Crippen molar-refractivity contribution in [3.63, 3.8) is 0 Å². The predicted octanol–water partition coefficient (Wildman–Crippen LogP) is 2.61. The van der Waals surface area contributed by atoms with Crippen molar-refractivity contribution in [2.45, 2.75) is 61.9 Å². The maximum atomic E-state index is 14.0. The van der Waals surface area contributed by atoms with Crippen molar-refractivity contribution in [2.75, 3.05) is 26.2 Å². The molecule has 0 aromatic heterocycles. The maximum absolute atomic E-state index is 14.0. The zero-order valence-electron chi connectivity index (χ0n) is 18.1. The lowest BCUT2D eigenvalue weighted by molar-refractivity contribution is -0.132. The number of carbonyl (C=O) groups is 1. The van der Waals surface area contributed by atoms with Gasteiger partial charge in [0.2, 0.25) is 15.9 Å². The van der Waals surface area contributed by atoms with E-state index in [0.717, 1.165) is 37.0 Å². The Kier molecular flexibility index (Phi) is 5.38. The molecule has 0 spiro atoms. The number of hydrogen-bond donors (Lipinski definition) is 1. The summed E-state index contributed by atoms with van der Waals surface area (Å²) in [6.07, 6.45) is 7.36. The van der Waals surface area contributed by atoms with E-state index in [1.807, 2.05) is 11.8 Å². The van der Waals surface area contributed by atoms with Crippen LogP contribution < -0.4 is 5.32 Å². The first-order valence-electron chi connectivity index (χ1n) is 11.6. The fourth-order valence-electron chi connectivity index (χ4n) is 6.92. The molecule has 1 unspecified atom stereocenters. The third-order valence-corrected chi connectivity index (χ3v) is 10.0. The van der Waals surface area contributed by atoms with Crippen LogP contribution in [0.5, 0.6) is 0 Å². The van der Waals surface area contributed by atoms with Crippen molar-refractivity contribution in [3.05, 3.63) is 30.1 Å². The third-order valence-electron chi connectivity index (χ3n) is 8.08. The Morgan fingerprint density at radius 2 is 1.58 bits per heavy atom. The molecule has 1 amide bonds. The highest BCUT2D eigenvalue weighted by molar-refractivity contribution is 7.89. The summed E-state index contributed by atoms with van der Waals surface area (Å²) < 4.78 is 41.0. The van der Waals surface area contributed by atoms with Gasteiger partial charge in [0, 0.05) is 31.7 Å². The number of nitrogens with zero attached hydrogens (tertiary/aromatic N) is 2. The Morgan fingerprint density at radius 3 is 2.13 bits per heavy atom. The van der Waals surface area contributed by atoms with Gasteiger partial charge in [-0.3, -0.25) is 9.69 Å². The van der Waals surface area contributed by atoms with Crippen LogP contribution in [0.25, 0.3) is 0 Å². The van der Waals surface area contributed by atoms with Crippen LogP contribution in [-0.4, -0.2) is 61.3 Å². The van der Waals surface area contributed by atoms with E-state index in [0.29, 0.717) is 13.1 Å². The van der Waals surface area contributed by atoms with Gasteiger partial charge in [0.15, 0.2) is 0 Å². The van der Waals surface area contributed by atoms with Crippen molar-refractivity contribution in [3.8, 4) is 0 Å². The Balaban J connectivity index is 1.20. The van der Waals surface area contributed by atoms with Crippen LogP contribution in [0, 0.1) is 23.6 Å². The Morgan fingerprint density at radius 1 is 1.03 bits per heavy atom. The molecule has 4 saturated carbocycles. The summed E-state index contributed by atoms with van der Waals surface area (Å²) in [5.74, 6) is 1.65. The number of piperazine rings is 1. The molecule has 1 saturated heterocycles. The summed E-state index contributed by atoms with van der Waals surface area (Å²) >= 11 is 0. The molecule has 1 heterocycles. The van der Waals surface area contributed by atoms with Gasteiger partial charge in [-0.2, -0.15) is 4.31 Å². The van der Waals surface area contributed by atoms with Crippen LogP contribution >= 0.6 is 0 Å². The van der Waals surface area contributed by atoms with Crippen LogP contribution in [0.4, 0.5) is 4.39 Å². The normalized spacial score (nSPS) is 34.6. The number of nitrogens with one attached hydrogen (secondary N) is 1. The average molecular weight is 450 g/mol. The number of rotatable bonds is 5. The topological polar surface area (TPSA) is 69.7 Å². The monoisotopic (exact) mass is 449 g/mol. The number of hydrogen-bond acceptors (Lipinski definition) is 4. The van der Waals surface area contributed by atoms with E-state index in [2.05, 4.69) is 5.32 Å². The summed E-state index contributed by atoms with van der Waals surface area (Å²) in [5, 5.41) is 3.43. The van der Waals surface area contributed by atoms with E-state index >= 15 is 0 Å². The fourth-order valence-corrected chi connectivity index (χ4v) is 8.41. The second-order valence-electron chi connectivity index (χ2n) is 10.2. The number of benzene rings is 1. The number of carbonyl (C=O) groups excluding carboxylic acids is 1. The smallest absolute Gasteiger partial charge is 0.246 e. The summed E-state index contributed by atoms with van der Waals surface area (Å²) in [6, 6.07) is 5.18. The minimum absolute atomic E-state index is 0.0178. The van der Waals surface area contributed by atoms with Crippen molar-refractivity contribution in [2.24, 2.45) is 17.8 Å². The molecule has 0 radical (unpaired) electrons. The summed E-state index contributed by atoms with van der Waals surface area (Å²) in [6.45, 7) is 3.35. The molecule has 31 heavy (non-hydrogen) atoms. The van der Waals surface area contributed by atoms with Gasteiger partial charge in [-0.05, 0) is 75.3 Å². The SMILES string of the molecule is CC(C(=O)NC12CC3CC(CC(C3)C1)C2)N1CCN(S(=O)(=O)c2ccccc2F)CC1. The first kappa shape index (κ1) is 21.3. The molecular formula is C23H32FN3O3S.